The first-order chi connectivity index (χ1) is 17.5. The summed E-state index contributed by atoms with van der Waals surface area (Å²) in [5, 5.41) is 0. The second-order valence-electron chi connectivity index (χ2n) is 9.03. The fraction of sp³-hybridized carbons (Fsp3) is 0.125. The lowest BCUT2D eigenvalue weighted by Gasteiger charge is -2.09. The first-order valence-corrected chi connectivity index (χ1v) is 12.2. The van der Waals surface area contributed by atoms with Gasteiger partial charge in [0.25, 0.3) is 0 Å². The van der Waals surface area contributed by atoms with Gasteiger partial charge in [-0.15, -0.1) is 0 Å². The number of aliphatic imine (C=N–C) groups is 2. The summed E-state index contributed by atoms with van der Waals surface area (Å²) in [4.78, 5) is 9.43. The van der Waals surface area contributed by atoms with Crippen LogP contribution < -0.4 is 0 Å². The van der Waals surface area contributed by atoms with E-state index < -0.39 is 0 Å². The molecule has 2 aromatic heterocycles. The van der Waals surface area contributed by atoms with Crippen LogP contribution in [0, 0.1) is 27.7 Å². The van der Waals surface area contributed by atoms with Crippen molar-refractivity contribution in [2.75, 3.05) is 0 Å². The van der Waals surface area contributed by atoms with Crippen molar-refractivity contribution in [3.05, 3.63) is 131 Å². The van der Waals surface area contributed by atoms with E-state index in [0.717, 1.165) is 22.5 Å². The predicted octanol–water partition coefficient (Wildman–Crippen LogP) is 8.00. The molecule has 0 aliphatic rings. The van der Waals surface area contributed by atoms with Crippen molar-refractivity contribution in [1.82, 2.24) is 9.13 Å². The zero-order chi connectivity index (χ0) is 25.1. The number of aryl methyl sites for hydroxylation is 2. The molecule has 0 bridgehead atoms. The molecule has 0 aliphatic heterocycles. The van der Waals surface area contributed by atoms with Gasteiger partial charge in [-0.2, -0.15) is 0 Å². The van der Waals surface area contributed by atoms with Crippen LogP contribution in [0.25, 0.3) is 11.4 Å². The number of hydrogen-bond donors (Lipinski definition) is 0. The van der Waals surface area contributed by atoms with Gasteiger partial charge in [-0.1, -0.05) is 36.4 Å². The van der Waals surface area contributed by atoms with E-state index in [0.29, 0.717) is 0 Å². The Balaban J connectivity index is 1.32. The summed E-state index contributed by atoms with van der Waals surface area (Å²) in [5.41, 5.74) is 11.1. The fourth-order valence-electron chi connectivity index (χ4n) is 4.70. The lowest BCUT2D eigenvalue weighted by atomic mass is 10.2. The molecule has 0 saturated carbocycles. The average molecular weight is 471 g/mol. The van der Waals surface area contributed by atoms with Crippen LogP contribution in [0.15, 0.2) is 107 Å². The first-order valence-electron chi connectivity index (χ1n) is 12.2. The summed E-state index contributed by atoms with van der Waals surface area (Å²) in [6.45, 7) is 8.52. The lowest BCUT2D eigenvalue weighted by molar-refractivity contribution is 0.965. The minimum absolute atomic E-state index is 0.903. The molecule has 5 rings (SSSR count). The van der Waals surface area contributed by atoms with Crippen LogP contribution >= 0.6 is 0 Å². The number of hydrogen-bond acceptors (Lipinski definition) is 2. The van der Waals surface area contributed by atoms with Crippen LogP contribution in [0.2, 0.25) is 0 Å². The van der Waals surface area contributed by atoms with Gasteiger partial charge in [0.1, 0.15) is 0 Å². The summed E-state index contributed by atoms with van der Waals surface area (Å²) in [7, 11) is 0. The Labute approximate surface area is 212 Å². The van der Waals surface area contributed by atoms with Crippen LogP contribution in [0.3, 0.4) is 0 Å². The Morgan fingerprint density at radius 1 is 0.500 bits per heavy atom. The maximum atomic E-state index is 4.71. The molecular weight excluding hydrogens is 440 g/mol. The van der Waals surface area contributed by atoms with Gasteiger partial charge in [-0.05, 0) is 88.4 Å². The standard InChI is InChI=1S/C32H30N4/c1-23-19-27(25(3)35(23)31-11-7-5-8-12-31)21-33-29-15-17-30(18-16-29)34-22-28-20-24(2)36(26(28)4)32-13-9-6-10-14-32/h5-22H,1-4H3. The summed E-state index contributed by atoms with van der Waals surface area (Å²) in [6, 6.07) is 33.2. The summed E-state index contributed by atoms with van der Waals surface area (Å²) in [5.74, 6) is 0. The van der Waals surface area contributed by atoms with Crippen LogP contribution in [-0.4, -0.2) is 21.6 Å². The van der Waals surface area contributed by atoms with Gasteiger partial charge < -0.3 is 9.13 Å². The van der Waals surface area contributed by atoms with E-state index in [9.17, 15) is 0 Å². The molecule has 0 N–H and O–H groups in total. The third-order valence-electron chi connectivity index (χ3n) is 6.52. The molecule has 0 spiro atoms. The van der Waals surface area contributed by atoms with E-state index in [4.69, 9.17) is 9.98 Å². The Morgan fingerprint density at radius 3 is 1.22 bits per heavy atom. The van der Waals surface area contributed by atoms with Gasteiger partial charge in [-0.3, -0.25) is 9.98 Å². The van der Waals surface area contributed by atoms with Crippen molar-refractivity contribution >= 4 is 23.8 Å². The highest BCUT2D eigenvalue weighted by molar-refractivity contribution is 5.85. The molecule has 0 amide bonds. The Morgan fingerprint density at radius 2 is 0.861 bits per heavy atom. The van der Waals surface area contributed by atoms with Crippen molar-refractivity contribution < 1.29 is 0 Å². The van der Waals surface area contributed by atoms with Gasteiger partial charge in [0.15, 0.2) is 0 Å². The van der Waals surface area contributed by atoms with Gasteiger partial charge in [-0.25, -0.2) is 0 Å². The second-order valence-corrected chi connectivity index (χ2v) is 9.03. The third-order valence-corrected chi connectivity index (χ3v) is 6.52. The number of aromatic nitrogens is 2. The number of nitrogens with zero attached hydrogens (tertiary/aromatic N) is 4. The van der Waals surface area contributed by atoms with Crippen molar-refractivity contribution in [3.8, 4) is 11.4 Å². The molecule has 0 atom stereocenters. The first kappa shape index (κ1) is 23.3. The monoisotopic (exact) mass is 470 g/mol. The Hall–Kier alpha value is -4.44. The molecule has 0 saturated heterocycles. The van der Waals surface area contributed by atoms with E-state index in [1.54, 1.807) is 0 Å². The smallest absolute Gasteiger partial charge is 0.0631 e. The van der Waals surface area contributed by atoms with Gasteiger partial charge in [0.05, 0.1) is 11.4 Å². The maximum Gasteiger partial charge on any atom is 0.0631 e. The van der Waals surface area contributed by atoms with E-state index in [-0.39, 0.29) is 0 Å². The normalized spacial score (nSPS) is 11.7. The zero-order valence-corrected chi connectivity index (χ0v) is 21.2. The van der Waals surface area contributed by atoms with E-state index in [1.807, 2.05) is 48.8 Å². The van der Waals surface area contributed by atoms with Crippen molar-refractivity contribution in [1.29, 1.82) is 0 Å². The van der Waals surface area contributed by atoms with Gasteiger partial charge >= 0.3 is 0 Å². The minimum Gasteiger partial charge on any atom is -0.318 e. The van der Waals surface area contributed by atoms with Crippen LogP contribution in [-0.2, 0) is 0 Å². The van der Waals surface area contributed by atoms with Crippen molar-refractivity contribution in [2.24, 2.45) is 9.98 Å². The molecular formula is C32H30N4. The highest BCUT2D eigenvalue weighted by atomic mass is 15.0. The maximum absolute atomic E-state index is 4.71. The molecule has 0 unspecified atom stereocenters. The molecule has 178 valence electrons. The third kappa shape index (κ3) is 4.71. The second kappa shape index (κ2) is 10.0. The molecule has 0 radical (unpaired) electrons. The van der Waals surface area contributed by atoms with Crippen molar-refractivity contribution in [3.63, 3.8) is 0 Å². The lowest BCUT2D eigenvalue weighted by Crippen LogP contribution is -1.99. The van der Waals surface area contributed by atoms with Gasteiger partial charge in [0, 0.05) is 57.7 Å². The summed E-state index contributed by atoms with van der Waals surface area (Å²) < 4.78 is 4.52. The Kier molecular flexibility index (Phi) is 6.50. The quantitative estimate of drug-likeness (QED) is 0.225. The largest absolute Gasteiger partial charge is 0.318 e. The molecule has 36 heavy (non-hydrogen) atoms. The highest BCUT2D eigenvalue weighted by Gasteiger charge is 2.10. The predicted molar refractivity (Wildman–Crippen MR) is 151 cm³/mol. The summed E-state index contributed by atoms with van der Waals surface area (Å²) >= 11 is 0. The van der Waals surface area contributed by atoms with E-state index in [1.165, 1.54) is 34.2 Å². The number of benzene rings is 3. The fourth-order valence-corrected chi connectivity index (χ4v) is 4.70. The van der Waals surface area contributed by atoms with Crippen molar-refractivity contribution in [2.45, 2.75) is 27.7 Å². The number of rotatable bonds is 6. The van der Waals surface area contributed by atoms with E-state index >= 15 is 0 Å². The van der Waals surface area contributed by atoms with Gasteiger partial charge in [0.2, 0.25) is 0 Å². The Bertz CT molecular complexity index is 1420. The average Bonchev–Trinajstić information content (AvgIpc) is 3.35. The molecule has 0 aliphatic carbocycles. The molecule has 2 heterocycles. The molecule has 4 heteroatoms. The molecule has 3 aromatic carbocycles. The van der Waals surface area contributed by atoms with Crippen LogP contribution in [0.4, 0.5) is 11.4 Å². The molecule has 5 aromatic rings. The summed E-state index contributed by atoms with van der Waals surface area (Å²) in [6.07, 6.45) is 3.89. The topological polar surface area (TPSA) is 34.6 Å². The van der Waals surface area contributed by atoms with Crippen LogP contribution in [0.1, 0.15) is 33.9 Å². The van der Waals surface area contributed by atoms with E-state index in [2.05, 4.69) is 97.5 Å². The van der Waals surface area contributed by atoms with Crippen LogP contribution in [0.5, 0.6) is 0 Å². The number of para-hydroxylation sites is 2. The molecule has 0 fully saturated rings. The minimum atomic E-state index is 0.903. The zero-order valence-electron chi connectivity index (χ0n) is 21.2. The molecule has 4 nitrogen and oxygen atoms in total. The highest BCUT2D eigenvalue weighted by Crippen LogP contribution is 2.23. The SMILES string of the molecule is Cc1cc(C=Nc2ccc(N=Cc3cc(C)n(-c4ccccc4)c3C)cc2)c(C)n1-c1ccccc1.